The Kier molecular flexibility index (Phi) is 6.75. The van der Waals surface area contributed by atoms with Crippen LogP contribution in [0.1, 0.15) is 22.3 Å². The van der Waals surface area contributed by atoms with Gasteiger partial charge in [0, 0.05) is 33.4 Å². The van der Waals surface area contributed by atoms with Gasteiger partial charge in [-0.3, -0.25) is 0 Å². The Morgan fingerprint density at radius 3 is 1.53 bits per heavy atom. The molecule has 0 spiro atoms. The lowest BCUT2D eigenvalue weighted by Gasteiger charge is -2.34. The van der Waals surface area contributed by atoms with Crippen LogP contribution < -0.4 is 4.90 Å². The minimum Gasteiger partial charge on any atom is -0.456 e. The van der Waals surface area contributed by atoms with Gasteiger partial charge in [0.2, 0.25) is 0 Å². The molecular weight excluding hydrogens is 619 g/mol. The van der Waals surface area contributed by atoms with E-state index in [-0.39, 0.29) is 0 Å². The summed E-state index contributed by atoms with van der Waals surface area (Å²) in [7, 11) is 0. The van der Waals surface area contributed by atoms with Gasteiger partial charge in [0.15, 0.2) is 0 Å². The Labute approximate surface area is 297 Å². The molecule has 1 aliphatic carbocycles. The molecule has 1 heterocycles. The first-order chi connectivity index (χ1) is 25.3. The van der Waals surface area contributed by atoms with Crippen LogP contribution in [0.3, 0.4) is 0 Å². The number of nitrogens with zero attached hydrogens (tertiary/aromatic N) is 1. The summed E-state index contributed by atoms with van der Waals surface area (Å²) < 4.78 is 6.93. The molecule has 10 rings (SSSR count). The molecule has 0 amide bonds. The monoisotopic (exact) mass is 651 g/mol. The van der Waals surface area contributed by atoms with Crippen molar-refractivity contribution in [1.82, 2.24) is 0 Å². The van der Waals surface area contributed by atoms with E-state index >= 15 is 0 Å². The first kappa shape index (κ1) is 29.3. The summed E-state index contributed by atoms with van der Waals surface area (Å²) in [5.41, 5.74) is 14.4. The van der Waals surface area contributed by atoms with Crippen LogP contribution in [0.15, 0.2) is 205 Å². The van der Waals surface area contributed by atoms with Gasteiger partial charge in [-0.2, -0.15) is 0 Å². The van der Waals surface area contributed by atoms with Crippen molar-refractivity contribution in [3.05, 3.63) is 222 Å². The summed E-state index contributed by atoms with van der Waals surface area (Å²) in [6.45, 7) is 0. The second kappa shape index (κ2) is 11.8. The van der Waals surface area contributed by atoms with Gasteiger partial charge in [-0.25, -0.2) is 0 Å². The van der Waals surface area contributed by atoms with E-state index in [1.54, 1.807) is 0 Å². The number of rotatable bonds is 6. The van der Waals surface area contributed by atoms with Crippen molar-refractivity contribution in [2.24, 2.45) is 0 Å². The molecular formula is C49H33NO. The number of fused-ring (bicyclic) bond motifs is 6. The van der Waals surface area contributed by atoms with Crippen molar-refractivity contribution in [3.63, 3.8) is 0 Å². The molecule has 0 atom stereocenters. The van der Waals surface area contributed by atoms with Crippen molar-refractivity contribution >= 4 is 39.0 Å². The highest BCUT2D eigenvalue weighted by molar-refractivity contribution is 6.18. The molecule has 240 valence electrons. The molecule has 0 bridgehead atoms. The molecule has 0 aliphatic heterocycles. The molecule has 0 radical (unpaired) electrons. The minimum absolute atomic E-state index is 0.534. The van der Waals surface area contributed by atoms with E-state index in [4.69, 9.17) is 4.42 Å². The Bertz CT molecular complexity index is 2580. The highest BCUT2D eigenvalue weighted by atomic mass is 16.3. The van der Waals surface area contributed by atoms with E-state index < -0.39 is 5.41 Å². The summed E-state index contributed by atoms with van der Waals surface area (Å²) in [5, 5.41) is 2.22. The Morgan fingerprint density at radius 1 is 0.392 bits per heavy atom. The average molecular weight is 652 g/mol. The van der Waals surface area contributed by atoms with E-state index in [1.165, 1.54) is 44.5 Å². The van der Waals surface area contributed by atoms with Crippen molar-refractivity contribution in [3.8, 4) is 22.3 Å². The van der Waals surface area contributed by atoms with E-state index in [2.05, 4.69) is 205 Å². The third-order valence-electron chi connectivity index (χ3n) is 10.5. The van der Waals surface area contributed by atoms with E-state index in [0.717, 1.165) is 39.0 Å². The molecule has 2 heteroatoms. The van der Waals surface area contributed by atoms with Crippen LogP contribution >= 0.6 is 0 Å². The predicted molar refractivity (Wildman–Crippen MR) is 211 cm³/mol. The standard InChI is InChI=1S/C49H33NO/c1-6-18-34(19-7-1)46-47-40-28-16-17-29-42(40)49(35-20-8-2-9-21-35,36-22-10-3-11-23-36)43(47)33-45-48(46)41-32-39(30-31-44(41)51-45)50(37-24-12-4-13-25-37)38-26-14-5-15-27-38/h1-33H. The Balaban J connectivity index is 1.34. The van der Waals surface area contributed by atoms with Crippen LogP contribution in [0.2, 0.25) is 0 Å². The zero-order valence-corrected chi connectivity index (χ0v) is 27.9. The highest BCUT2D eigenvalue weighted by Crippen LogP contribution is 2.60. The summed E-state index contributed by atoms with van der Waals surface area (Å²) in [5.74, 6) is 0. The largest absolute Gasteiger partial charge is 0.456 e. The zero-order chi connectivity index (χ0) is 33.8. The Hall–Kier alpha value is -6.64. The van der Waals surface area contributed by atoms with E-state index in [9.17, 15) is 0 Å². The fourth-order valence-electron chi connectivity index (χ4n) is 8.47. The van der Waals surface area contributed by atoms with Crippen LogP contribution in [0.4, 0.5) is 17.1 Å². The van der Waals surface area contributed by atoms with Gasteiger partial charge in [0.05, 0.1) is 5.41 Å². The van der Waals surface area contributed by atoms with Crippen molar-refractivity contribution in [2.45, 2.75) is 5.41 Å². The predicted octanol–water partition coefficient (Wildman–Crippen LogP) is 13.1. The lowest BCUT2D eigenvalue weighted by molar-refractivity contribution is 0.666. The van der Waals surface area contributed by atoms with Gasteiger partial charge in [0.25, 0.3) is 0 Å². The second-order valence-electron chi connectivity index (χ2n) is 13.2. The second-order valence-corrected chi connectivity index (χ2v) is 13.2. The maximum atomic E-state index is 6.93. The van der Waals surface area contributed by atoms with Crippen molar-refractivity contribution in [1.29, 1.82) is 0 Å². The number of para-hydroxylation sites is 2. The van der Waals surface area contributed by atoms with E-state index in [1.807, 2.05) is 0 Å². The molecule has 0 N–H and O–H groups in total. The lowest BCUT2D eigenvalue weighted by Crippen LogP contribution is -2.28. The molecule has 51 heavy (non-hydrogen) atoms. The van der Waals surface area contributed by atoms with Gasteiger partial charge >= 0.3 is 0 Å². The first-order valence-corrected chi connectivity index (χ1v) is 17.5. The van der Waals surface area contributed by atoms with E-state index in [0.29, 0.717) is 0 Å². The topological polar surface area (TPSA) is 16.4 Å². The third-order valence-corrected chi connectivity index (χ3v) is 10.5. The molecule has 1 aliphatic rings. The van der Waals surface area contributed by atoms with Crippen molar-refractivity contribution < 1.29 is 4.42 Å². The fourth-order valence-corrected chi connectivity index (χ4v) is 8.47. The third kappa shape index (κ3) is 4.43. The maximum absolute atomic E-state index is 6.93. The molecule has 1 aromatic heterocycles. The quantitative estimate of drug-likeness (QED) is 0.178. The minimum atomic E-state index is -0.534. The van der Waals surface area contributed by atoms with Crippen molar-refractivity contribution in [2.75, 3.05) is 4.90 Å². The zero-order valence-electron chi connectivity index (χ0n) is 27.9. The molecule has 9 aromatic rings. The summed E-state index contributed by atoms with van der Waals surface area (Å²) in [6.07, 6.45) is 0. The molecule has 0 fully saturated rings. The van der Waals surface area contributed by atoms with Crippen LogP contribution in [-0.2, 0) is 5.41 Å². The smallest absolute Gasteiger partial charge is 0.136 e. The fraction of sp³-hybridized carbons (Fsp3) is 0.0204. The van der Waals surface area contributed by atoms with Crippen LogP contribution in [0, 0.1) is 0 Å². The number of hydrogen-bond acceptors (Lipinski definition) is 2. The molecule has 0 saturated heterocycles. The highest BCUT2D eigenvalue weighted by Gasteiger charge is 2.47. The van der Waals surface area contributed by atoms with Gasteiger partial charge in [-0.1, -0.05) is 152 Å². The average Bonchev–Trinajstić information content (AvgIpc) is 3.72. The summed E-state index contributed by atoms with van der Waals surface area (Å²) >= 11 is 0. The van der Waals surface area contributed by atoms with Crippen LogP contribution in [0.5, 0.6) is 0 Å². The molecule has 0 saturated carbocycles. The van der Waals surface area contributed by atoms with Gasteiger partial charge in [-0.05, 0) is 87.5 Å². The molecule has 8 aromatic carbocycles. The summed E-state index contributed by atoms with van der Waals surface area (Å²) in [6, 6.07) is 71.9. The number of anilines is 3. The maximum Gasteiger partial charge on any atom is 0.136 e. The SMILES string of the molecule is c1ccc(-c2c3c(cc4oc5ccc(N(c6ccccc6)c6ccccc6)cc5c24)C(c2ccccc2)(c2ccccc2)c2ccccc2-3)cc1. The van der Waals surface area contributed by atoms with Gasteiger partial charge in [-0.15, -0.1) is 0 Å². The Morgan fingerprint density at radius 2 is 0.922 bits per heavy atom. The normalized spacial score (nSPS) is 12.9. The lowest BCUT2D eigenvalue weighted by atomic mass is 9.67. The summed E-state index contributed by atoms with van der Waals surface area (Å²) in [4.78, 5) is 2.32. The van der Waals surface area contributed by atoms with Gasteiger partial charge in [0.1, 0.15) is 11.2 Å². The van der Waals surface area contributed by atoms with Crippen LogP contribution in [0.25, 0.3) is 44.2 Å². The van der Waals surface area contributed by atoms with Crippen LogP contribution in [-0.4, -0.2) is 0 Å². The molecule has 0 unspecified atom stereocenters. The molecule has 2 nitrogen and oxygen atoms in total. The number of hydrogen-bond donors (Lipinski definition) is 0. The number of benzene rings is 8. The number of furan rings is 1. The first-order valence-electron chi connectivity index (χ1n) is 17.5. The van der Waals surface area contributed by atoms with Gasteiger partial charge < -0.3 is 9.32 Å².